The molecule has 1 saturated heterocycles. The molecule has 0 bridgehead atoms. The Hall–Kier alpha value is -1.43. The van der Waals surface area contributed by atoms with E-state index in [9.17, 15) is 5.11 Å². The predicted octanol–water partition coefficient (Wildman–Crippen LogP) is 10.6. The highest BCUT2D eigenvalue weighted by atomic mass is 32.2. The van der Waals surface area contributed by atoms with Gasteiger partial charge in [0.2, 0.25) is 0 Å². The highest BCUT2D eigenvalue weighted by Gasteiger charge is 2.71. The Morgan fingerprint density at radius 3 is 2.17 bits per heavy atom. The first-order valence-corrected chi connectivity index (χ1v) is 21.9. The molecule has 1 N–H and O–H groups in total. The third-order valence-corrected chi connectivity index (χ3v) is 21.4. The van der Waals surface area contributed by atoms with Crippen molar-refractivity contribution in [3.05, 3.63) is 52.6 Å². The molecule has 0 amide bonds. The Morgan fingerprint density at radius 2 is 1.56 bits per heavy atom. The molecule has 1 aliphatic heterocycles. The van der Waals surface area contributed by atoms with Gasteiger partial charge in [0.05, 0.1) is 13.2 Å². The zero-order valence-electron chi connectivity index (χ0n) is 30.1. The average molecular weight is 695 g/mol. The first-order chi connectivity index (χ1) is 22.7. The van der Waals surface area contributed by atoms with Gasteiger partial charge < -0.3 is 14.6 Å². The predicted molar refractivity (Wildman–Crippen MR) is 194 cm³/mol. The molecule has 5 atom stereocenters. The van der Waals surface area contributed by atoms with E-state index in [2.05, 4.69) is 83.3 Å². The average Bonchev–Trinajstić information content (AvgIpc) is 3.66. The lowest BCUT2D eigenvalue weighted by Gasteiger charge is -2.55. The van der Waals surface area contributed by atoms with Gasteiger partial charge in [-0.2, -0.15) is 8.78 Å². The molecule has 0 radical (unpaired) electrons. The number of allylic oxidation sites excluding steroid dienone is 3. The van der Waals surface area contributed by atoms with Gasteiger partial charge in [-0.1, -0.05) is 66.2 Å². The summed E-state index contributed by atoms with van der Waals surface area (Å²) in [7, 11) is -2.42. The molecular weight excluding hydrogens is 639 g/mol. The zero-order chi connectivity index (χ0) is 34.3. The van der Waals surface area contributed by atoms with Gasteiger partial charge in [-0.3, -0.25) is 0 Å². The van der Waals surface area contributed by atoms with Crippen LogP contribution in [0.1, 0.15) is 118 Å². The second-order valence-electron chi connectivity index (χ2n) is 17.0. The van der Waals surface area contributed by atoms with Crippen LogP contribution in [0.15, 0.2) is 52.0 Å². The molecule has 5 aliphatic carbocycles. The van der Waals surface area contributed by atoms with Crippen LogP contribution in [-0.4, -0.2) is 49.0 Å². The molecular formula is C41H56F2O3SSi. The van der Waals surface area contributed by atoms with E-state index >= 15 is 8.78 Å². The van der Waals surface area contributed by atoms with E-state index in [1.165, 1.54) is 40.0 Å². The third kappa shape index (κ3) is 5.45. The summed E-state index contributed by atoms with van der Waals surface area (Å²) in [6.07, 6.45) is 9.47. The lowest BCUT2D eigenvalue weighted by molar-refractivity contribution is -0.209. The van der Waals surface area contributed by atoms with Crippen molar-refractivity contribution in [1.29, 1.82) is 0 Å². The molecule has 48 heavy (non-hydrogen) atoms. The molecule has 7 heteroatoms. The van der Waals surface area contributed by atoms with Gasteiger partial charge in [-0.15, -0.1) is 17.3 Å². The lowest BCUT2D eigenvalue weighted by Crippen LogP contribution is -2.60. The van der Waals surface area contributed by atoms with E-state index in [0.717, 1.165) is 30.9 Å². The van der Waals surface area contributed by atoms with Gasteiger partial charge in [0.15, 0.2) is 5.79 Å². The summed E-state index contributed by atoms with van der Waals surface area (Å²) < 4.78 is 46.2. The normalized spacial score (nSPS) is 33.1. The maximum Gasteiger partial charge on any atom is 0.336 e. The smallest absolute Gasteiger partial charge is 0.336 e. The van der Waals surface area contributed by atoms with E-state index in [1.807, 2.05) is 18.7 Å². The standard InChI is InChI=1S/C41H56F2O3SSi/c1-26(2)48(27(3)4,28(5)6)23-20-41(42,43)40(44)19-17-36-34-15-10-30-24-39(45-21-22-46-39)18-16-33(30)37(34)35(25-38(36,40)7)29-8-11-31(12-9-29)47-32-13-14-32/h8-9,11-12,24,26-28,32,34-36,44H,10,13-19,21-22,25H2,1-7H3/t34-,35+,36-,38-,40-/m0/s1. The first-order valence-electron chi connectivity index (χ1n) is 18.8. The summed E-state index contributed by atoms with van der Waals surface area (Å²) in [6, 6.07) is 8.96. The largest absolute Gasteiger partial charge is 0.382 e. The maximum absolute atomic E-state index is 17.0. The number of thioether (sulfide) groups is 1. The topological polar surface area (TPSA) is 38.7 Å². The second kappa shape index (κ2) is 12.4. The molecule has 1 heterocycles. The fourth-order valence-corrected chi connectivity index (χ4v) is 17.5. The molecule has 1 aromatic rings. The number of benzene rings is 1. The Balaban J connectivity index is 1.31. The van der Waals surface area contributed by atoms with E-state index in [4.69, 9.17) is 9.47 Å². The number of halogens is 2. The maximum atomic E-state index is 17.0. The fraction of sp³-hybridized carbons (Fsp3) is 0.707. The summed E-state index contributed by atoms with van der Waals surface area (Å²) in [5.74, 6) is -1.40. The van der Waals surface area contributed by atoms with Crippen LogP contribution in [0.4, 0.5) is 8.78 Å². The molecule has 0 aromatic heterocycles. The zero-order valence-corrected chi connectivity index (χ0v) is 32.0. The number of hydrogen-bond donors (Lipinski definition) is 1. The molecule has 0 unspecified atom stereocenters. The molecule has 6 aliphatic rings. The Morgan fingerprint density at radius 1 is 0.917 bits per heavy atom. The van der Waals surface area contributed by atoms with E-state index in [0.29, 0.717) is 26.1 Å². The van der Waals surface area contributed by atoms with Crippen LogP contribution in [0, 0.1) is 28.7 Å². The number of rotatable bonds is 7. The first kappa shape index (κ1) is 35.0. The highest BCUT2D eigenvalue weighted by Crippen LogP contribution is 2.69. The van der Waals surface area contributed by atoms with Gasteiger partial charge in [-0.05, 0) is 121 Å². The molecule has 3 nitrogen and oxygen atoms in total. The fourth-order valence-electron chi connectivity index (χ4n) is 11.2. The summed E-state index contributed by atoms with van der Waals surface area (Å²) in [4.78, 5) is 1.28. The van der Waals surface area contributed by atoms with Crippen molar-refractivity contribution in [3.63, 3.8) is 0 Å². The molecule has 3 saturated carbocycles. The SMILES string of the molecule is CC(C)[Si](C#CC(F)(F)[C@]1(O)CC[C@H]2[C@@H]3CCC4=CC5(CCC4=C3[C@@H](c3ccc(SC4CC4)cc3)C[C@@]21C)OCCO5)(C(C)C)C(C)C. The Bertz CT molecular complexity index is 1500. The van der Waals surface area contributed by atoms with Gasteiger partial charge >= 0.3 is 5.92 Å². The number of hydrogen-bond acceptors (Lipinski definition) is 4. The number of ether oxygens (including phenoxy) is 2. The van der Waals surface area contributed by atoms with Crippen molar-refractivity contribution in [3.8, 4) is 11.5 Å². The van der Waals surface area contributed by atoms with Crippen LogP contribution in [0.3, 0.4) is 0 Å². The third-order valence-electron chi connectivity index (χ3n) is 13.8. The monoisotopic (exact) mass is 694 g/mol. The number of alkyl halides is 2. The summed E-state index contributed by atoms with van der Waals surface area (Å²) in [5.41, 5.74) is 6.25. The lowest BCUT2D eigenvalue weighted by atomic mass is 9.50. The van der Waals surface area contributed by atoms with Gasteiger partial charge in [0.1, 0.15) is 13.7 Å². The van der Waals surface area contributed by atoms with E-state index in [1.54, 1.807) is 0 Å². The van der Waals surface area contributed by atoms with Crippen LogP contribution >= 0.6 is 11.8 Å². The van der Waals surface area contributed by atoms with Crippen LogP contribution in [0.25, 0.3) is 0 Å². The van der Waals surface area contributed by atoms with Crippen molar-refractivity contribution in [2.24, 2.45) is 17.3 Å². The highest BCUT2D eigenvalue weighted by molar-refractivity contribution is 8.00. The molecule has 7 rings (SSSR count). The summed E-state index contributed by atoms with van der Waals surface area (Å²) in [5, 5.41) is 13.3. The van der Waals surface area contributed by atoms with E-state index in [-0.39, 0.29) is 40.8 Å². The van der Waals surface area contributed by atoms with Crippen LogP contribution in [-0.2, 0) is 9.47 Å². The second-order valence-corrected chi connectivity index (χ2v) is 24.0. The van der Waals surface area contributed by atoms with Crippen molar-refractivity contribution in [2.45, 2.75) is 156 Å². The van der Waals surface area contributed by atoms with E-state index < -0.39 is 30.8 Å². The van der Waals surface area contributed by atoms with Crippen molar-refractivity contribution in [2.75, 3.05) is 13.2 Å². The van der Waals surface area contributed by atoms with Crippen molar-refractivity contribution < 1.29 is 23.4 Å². The minimum absolute atomic E-state index is 0.0164. The van der Waals surface area contributed by atoms with Crippen LogP contribution in [0.5, 0.6) is 0 Å². The summed E-state index contributed by atoms with van der Waals surface area (Å²) in [6.45, 7) is 16.2. The van der Waals surface area contributed by atoms with Crippen molar-refractivity contribution >= 4 is 19.8 Å². The minimum Gasteiger partial charge on any atom is -0.382 e. The molecule has 4 fully saturated rings. The van der Waals surface area contributed by atoms with Crippen LogP contribution in [0.2, 0.25) is 16.6 Å². The Kier molecular flexibility index (Phi) is 9.01. The van der Waals surface area contributed by atoms with Crippen molar-refractivity contribution in [1.82, 2.24) is 0 Å². The molecule has 1 spiro atoms. The van der Waals surface area contributed by atoms with Gasteiger partial charge in [0.25, 0.3) is 0 Å². The summed E-state index contributed by atoms with van der Waals surface area (Å²) >= 11 is 1.95. The molecule has 262 valence electrons. The van der Waals surface area contributed by atoms with Gasteiger partial charge in [-0.25, -0.2) is 0 Å². The number of aliphatic hydroxyl groups is 1. The number of fused-ring (bicyclic) bond motifs is 4. The molecule has 1 aromatic carbocycles. The quantitative estimate of drug-likeness (QED) is 0.228. The minimum atomic E-state index is -3.50. The Labute approximate surface area is 293 Å². The van der Waals surface area contributed by atoms with Gasteiger partial charge in [0, 0.05) is 27.9 Å². The van der Waals surface area contributed by atoms with Crippen LogP contribution < -0.4 is 0 Å².